The summed E-state index contributed by atoms with van der Waals surface area (Å²) in [5.74, 6) is -1.16. The molecule has 1 aromatic rings. The normalized spacial score (nSPS) is 15.7. The van der Waals surface area contributed by atoms with E-state index in [0.717, 1.165) is 31.8 Å². The monoisotopic (exact) mass is 379 g/mol. The largest absolute Gasteiger partial charge is 0.504 e. The summed E-state index contributed by atoms with van der Waals surface area (Å²) in [5, 5.41) is 33.7. The molecule has 7 nitrogen and oxygen atoms in total. The van der Waals surface area contributed by atoms with Gasteiger partial charge in [0.1, 0.15) is 0 Å². The molecule has 0 saturated carbocycles. The van der Waals surface area contributed by atoms with Gasteiger partial charge < -0.3 is 15.5 Å². The Bertz CT molecular complexity index is 592. The second kappa shape index (κ2) is 9.68. The quantitative estimate of drug-likeness (QED) is 0.315. The smallest absolute Gasteiger partial charge is 0.314 e. The number of nitro groups is 1. The van der Waals surface area contributed by atoms with Gasteiger partial charge in [-0.05, 0) is 25.0 Å². The zero-order valence-corrected chi connectivity index (χ0v) is 15.0. The standard InChI is InChI=1S/C15H21N3O4.2ClH/c1-10(2)7-12(17-5-3-16-4-6-17)11-8-13(18(21)22)15(20)14(19)9-11;;/h8-9,12,16,19-20H,1,3-7H2,2H3;2*1H/t12-;;/m1../s1. The Morgan fingerprint density at radius 2 is 1.96 bits per heavy atom. The molecule has 0 aliphatic carbocycles. The number of nitrogens with one attached hydrogen (secondary N) is 1. The number of halogens is 2. The van der Waals surface area contributed by atoms with E-state index >= 15 is 0 Å². The van der Waals surface area contributed by atoms with Gasteiger partial charge in [0.2, 0.25) is 5.75 Å². The lowest BCUT2D eigenvalue weighted by Gasteiger charge is -2.35. The maximum atomic E-state index is 11.0. The Hall–Kier alpha value is -1.54. The maximum absolute atomic E-state index is 11.0. The summed E-state index contributed by atoms with van der Waals surface area (Å²) < 4.78 is 0. The fraction of sp³-hybridized carbons (Fsp3) is 0.467. The van der Waals surface area contributed by atoms with Crippen molar-refractivity contribution in [1.82, 2.24) is 10.2 Å². The first-order valence-corrected chi connectivity index (χ1v) is 7.19. The molecule has 2 rings (SSSR count). The van der Waals surface area contributed by atoms with E-state index in [0.29, 0.717) is 12.0 Å². The van der Waals surface area contributed by atoms with Gasteiger partial charge in [-0.1, -0.05) is 5.57 Å². The fourth-order valence-corrected chi connectivity index (χ4v) is 2.74. The van der Waals surface area contributed by atoms with Gasteiger partial charge in [-0.25, -0.2) is 0 Å². The molecule has 1 heterocycles. The van der Waals surface area contributed by atoms with E-state index in [1.54, 1.807) is 0 Å². The van der Waals surface area contributed by atoms with Crippen LogP contribution in [0.15, 0.2) is 24.3 Å². The predicted octanol–water partition coefficient (Wildman–Crippen LogP) is 2.76. The van der Waals surface area contributed by atoms with Crippen molar-refractivity contribution in [2.75, 3.05) is 26.2 Å². The lowest BCUT2D eigenvalue weighted by atomic mass is 9.97. The van der Waals surface area contributed by atoms with Crippen molar-refractivity contribution < 1.29 is 15.1 Å². The second-order valence-corrected chi connectivity index (χ2v) is 5.63. The minimum atomic E-state index is -0.692. The summed E-state index contributed by atoms with van der Waals surface area (Å²) in [6, 6.07) is 2.63. The molecule has 1 atom stereocenters. The van der Waals surface area contributed by atoms with Crippen LogP contribution >= 0.6 is 24.8 Å². The number of piperazine rings is 1. The van der Waals surface area contributed by atoms with Gasteiger partial charge in [0.05, 0.1) is 4.92 Å². The predicted molar refractivity (Wildman–Crippen MR) is 97.5 cm³/mol. The maximum Gasteiger partial charge on any atom is 0.314 e. The first-order chi connectivity index (χ1) is 10.4. The summed E-state index contributed by atoms with van der Waals surface area (Å²) in [4.78, 5) is 12.6. The molecule has 0 amide bonds. The number of phenols is 2. The van der Waals surface area contributed by atoms with Crippen LogP contribution in [0.3, 0.4) is 0 Å². The van der Waals surface area contributed by atoms with Crippen molar-refractivity contribution in [2.45, 2.75) is 19.4 Å². The van der Waals surface area contributed by atoms with Crippen molar-refractivity contribution in [2.24, 2.45) is 0 Å². The highest BCUT2D eigenvalue weighted by atomic mass is 35.5. The van der Waals surface area contributed by atoms with E-state index < -0.39 is 22.1 Å². The highest BCUT2D eigenvalue weighted by Crippen LogP contribution is 2.40. The molecule has 1 aliphatic heterocycles. The molecule has 9 heteroatoms. The fourth-order valence-electron chi connectivity index (χ4n) is 2.74. The van der Waals surface area contributed by atoms with Gasteiger partial charge in [-0.15, -0.1) is 31.4 Å². The van der Waals surface area contributed by atoms with Crippen LogP contribution in [0.4, 0.5) is 5.69 Å². The van der Waals surface area contributed by atoms with E-state index in [2.05, 4.69) is 16.8 Å². The zero-order chi connectivity index (χ0) is 16.3. The summed E-state index contributed by atoms with van der Waals surface area (Å²) in [6.45, 7) is 9.15. The van der Waals surface area contributed by atoms with Crippen molar-refractivity contribution in [3.63, 3.8) is 0 Å². The third kappa shape index (κ3) is 5.24. The lowest BCUT2D eigenvalue weighted by molar-refractivity contribution is -0.386. The molecule has 0 bridgehead atoms. The molecule has 1 saturated heterocycles. The third-order valence-electron chi connectivity index (χ3n) is 3.81. The van der Waals surface area contributed by atoms with Crippen LogP contribution in [0.25, 0.3) is 0 Å². The number of nitro benzene ring substituents is 1. The van der Waals surface area contributed by atoms with Crippen LogP contribution in [0.1, 0.15) is 24.9 Å². The van der Waals surface area contributed by atoms with Crippen LogP contribution in [0.5, 0.6) is 11.5 Å². The molecular formula is C15H23Cl2N3O4. The number of nitrogens with zero attached hydrogens (tertiary/aromatic N) is 2. The van der Waals surface area contributed by atoms with Crippen molar-refractivity contribution in [3.05, 3.63) is 40.0 Å². The summed E-state index contributed by atoms with van der Waals surface area (Å²) >= 11 is 0. The SMILES string of the molecule is C=C(C)C[C@H](c1cc(O)c(O)c([N+](=O)[O-])c1)N1CCNCC1.Cl.Cl. The van der Waals surface area contributed by atoms with Crippen molar-refractivity contribution in [3.8, 4) is 11.5 Å². The average Bonchev–Trinajstić information content (AvgIpc) is 2.48. The third-order valence-corrected chi connectivity index (χ3v) is 3.81. The molecule has 24 heavy (non-hydrogen) atoms. The van der Waals surface area contributed by atoms with E-state index in [4.69, 9.17) is 0 Å². The minimum absolute atomic E-state index is 0. The van der Waals surface area contributed by atoms with Gasteiger partial charge in [0.25, 0.3) is 0 Å². The second-order valence-electron chi connectivity index (χ2n) is 5.63. The first kappa shape index (κ1) is 22.5. The number of phenolic OH excluding ortho intramolecular Hbond substituents is 2. The van der Waals surface area contributed by atoms with Gasteiger partial charge in [-0.3, -0.25) is 15.0 Å². The Morgan fingerprint density at radius 1 is 1.38 bits per heavy atom. The summed E-state index contributed by atoms with van der Waals surface area (Å²) in [7, 11) is 0. The van der Waals surface area contributed by atoms with Gasteiger partial charge >= 0.3 is 5.69 Å². The van der Waals surface area contributed by atoms with Crippen molar-refractivity contribution >= 4 is 30.5 Å². The zero-order valence-electron chi connectivity index (χ0n) is 13.4. The average molecular weight is 380 g/mol. The number of hydrogen-bond acceptors (Lipinski definition) is 6. The van der Waals surface area contributed by atoms with E-state index in [1.807, 2.05) is 6.92 Å². The Balaban J connectivity index is 0.00000264. The number of benzene rings is 1. The molecular weight excluding hydrogens is 357 g/mol. The van der Waals surface area contributed by atoms with Crippen LogP contribution < -0.4 is 5.32 Å². The van der Waals surface area contributed by atoms with Crippen molar-refractivity contribution in [1.29, 1.82) is 0 Å². The molecule has 0 radical (unpaired) electrons. The van der Waals surface area contributed by atoms with Crippen LogP contribution in [-0.2, 0) is 0 Å². The highest BCUT2D eigenvalue weighted by molar-refractivity contribution is 5.85. The molecule has 0 spiro atoms. The van der Waals surface area contributed by atoms with E-state index in [9.17, 15) is 20.3 Å². The molecule has 0 unspecified atom stereocenters. The Morgan fingerprint density at radius 3 is 2.46 bits per heavy atom. The molecule has 0 aromatic heterocycles. The Kier molecular flexibility index (Phi) is 9.06. The molecule has 1 aliphatic rings. The summed E-state index contributed by atoms with van der Waals surface area (Å²) in [5.41, 5.74) is 1.10. The lowest BCUT2D eigenvalue weighted by Crippen LogP contribution is -2.45. The highest BCUT2D eigenvalue weighted by Gasteiger charge is 2.27. The van der Waals surface area contributed by atoms with E-state index in [1.165, 1.54) is 12.1 Å². The van der Waals surface area contributed by atoms with E-state index in [-0.39, 0.29) is 30.9 Å². The number of aromatic hydroxyl groups is 2. The topological polar surface area (TPSA) is 98.9 Å². The first-order valence-electron chi connectivity index (χ1n) is 7.19. The minimum Gasteiger partial charge on any atom is -0.504 e. The molecule has 3 N–H and O–H groups in total. The van der Waals surface area contributed by atoms with Gasteiger partial charge in [-0.2, -0.15) is 0 Å². The van der Waals surface area contributed by atoms with Gasteiger partial charge in [0.15, 0.2) is 5.75 Å². The van der Waals surface area contributed by atoms with Crippen LogP contribution in [0.2, 0.25) is 0 Å². The number of hydrogen-bond donors (Lipinski definition) is 3. The molecule has 1 fully saturated rings. The number of rotatable bonds is 5. The van der Waals surface area contributed by atoms with Crippen LogP contribution in [-0.4, -0.2) is 46.2 Å². The molecule has 1 aromatic carbocycles. The Labute approximate surface area is 153 Å². The van der Waals surface area contributed by atoms with Gasteiger partial charge in [0, 0.05) is 38.3 Å². The van der Waals surface area contributed by atoms with Crippen LogP contribution in [0, 0.1) is 10.1 Å². The summed E-state index contributed by atoms with van der Waals surface area (Å²) in [6.07, 6.45) is 0.640. The molecule has 136 valence electrons.